The van der Waals surface area contributed by atoms with Crippen LogP contribution < -0.4 is 10.1 Å². The van der Waals surface area contributed by atoms with Gasteiger partial charge in [0.25, 0.3) is 5.91 Å². The molecule has 3 saturated heterocycles. The first-order chi connectivity index (χ1) is 10.3. The van der Waals surface area contributed by atoms with Crippen LogP contribution in [0.5, 0.6) is 5.75 Å². The number of pyridine rings is 1. The molecule has 1 aromatic rings. The number of aromatic nitrogens is 1. The van der Waals surface area contributed by atoms with Gasteiger partial charge in [-0.3, -0.25) is 4.79 Å². The molecule has 2 bridgehead atoms. The molecule has 5 nitrogen and oxygen atoms in total. The number of hydrogen-bond acceptors (Lipinski definition) is 4. The number of piperidine rings is 1. The Kier molecular flexibility index (Phi) is 3.30. The topological polar surface area (TPSA) is 54.5 Å². The second-order valence-electron chi connectivity index (χ2n) is 6.43. The van der Waals surface area contributed by atoms with Crippen LogP contribution >= 0.6 is 0 Å². The number of rotatable bonds is 2. The number of hydrogen-bond donors (Lipinski definition) is 1. The van der Waals surface area contributed by atoms with E-state index in [0.29, 0.717) is 12.3 Å². The molecule has 21 heavy (non-hydrogen) atoms. The van der Waals surface area contributed by atoms with Gasteiger partial charge in [-0.1, -0.05) is 0 Å². The predicted molar refractivity (Wildman–Crippen MR) is 78.5 cm³/mol. The Morgan fingerprint density at radius 1 is 1.38 bits per heavy atom. The summed E-state index contributed by atoms with van der Waals surface area (Å²) < 4.78 is 5.44. The lowest BCUT2D eigenvalue weighted by atomic mass is 9.94. The standard InChI is InChI=1S/C16H21N3O2/c20-16(14-8-12-3-6-21-15(12)9-17-14)18-13-7-11-1-4-19(10-13)5-2-11/h8-9,11,13H,1-7,10H2,(H,18,20). The molecular formula is C16H21N3O2. The summed E-state index contributed by atoms with van der Waals surface area (Å²) in [5, 5.41) is 3.18. The van der Waals surface area contributed by atoms with Gasteiger partial charge in [0.1, 0.15) is 11.4 Å². The first kappa shape index (κ1) is 13.1. The predicted octanol–water partition coefficient (Wildman–Crippen LogP) is 1.23. The molecule has 4 aliphatic rings. The minimum atomic E-state index is -0.0443. The van der Waals surface area contributed by atoms with Gasteiger partial charge in [0.05, 0.1) is 12.8 Å². The highest BCUT2D eigenvalue weighted by Gasteiger charge is 2.30. The third kappa shape index (κ3) is 2.62. The third-order valence-corrected chi connectivity index (χ3v) is 4.95. The van der Waals surface area contributed by atoms with E-state index in [1.807, 2.05) is 6.07 Å². The molecule has 1 atom stereocenters. The summed E-state index contributed by atoms with van der Waals surface area (Å²) in [6.45, 7) is 4.05. The third-order valence-electron chi connectivity index (χ3n) is 4.95. The molecule has 0 aliphatic carbocycles. The molecule has 112 valence electrons. The van der Waals surface area contributed by atoms with Gasteiger partial charge < -0.3 is 15.0 Å². The lowest BCUT2D eigenvalue weighted by Crippen LogP contribution is -2.42. The molecule has 5 heteroatoms. The van der Waals surface area contributed by atoms with E-state index < -0.39 is 0 Å². The van der Waals surface area contributed by atoms with E-state index in [9.17, 15) is 4.79 Å². The molecule has 0 aromatic carbocycles. The number of carbonyl (C=O) groups excluding carboxylic acids is 1. The largest absolute Gasteiger partial charge is 0.491 e. The molecular weight excluding hydrogens is 266 g/mol. The second-order valence-corrected chi connectivity index (χ2v) is 6.43. The normalized spacial score (nSPS) is 30.4. The minimum absolute atomic E-state index is 0.0443. The zero-order chi connectivity index (χ0) is 14.2. The summed E-state index contributed by atoms with van der Waals surface area (Å²) in [6.07, 6.45) is 6.22. The van der Waals surface area contributed by atoms with Crippen molar-refractivity contribution in [2.75, 3.05) is 26.2 Å². The Bertz CT molecular complexity index is 538. The highest BCUT2D eigenvalue weighted by atomic mass is 16.5. The average Bonchev–Trinajstić information content (AvgIpc) is 2.78. The summed E-state index contributed by atoms with van der Waals surface area (Å²) in [7, 11) is 0. The van der Waals surface area contributed by atoms with Crippen molar-refractivity contribution in [2.45, 2.75) is 31.7 Å². The monoisotopic (exact) mass is 287 g/mol. The number of fused-ring (bicyclic) bond motifs is 5. The van der Waals surface area contributed by atoms with E-state index in [-0.39, 0.29) is 11.9 Å². The van der Waals surface area contributed by atoms with Gasteiger partial charge in [-0.05, 0) is 44.3 Å². The second kappa shape index (κ2) is 5.30. The van der Waals surface area contributed by atoms with Crippen molar-refractivity contribution in [3.05, 3.63) is 23.5 Å². The highest BCUT2D eigenvalue weighted by molar-refractivity contribution is 5.92. The van der Waals surface area contributed by atoms with E-state index in [0.717, 1.165) is 36.6 Å². The number of nitrogens with one attached hydrogen (secondary N) is 1. The molecule has 1 N–H and O–H groups in total. The molecule has 1 aromatic heterocycles. The van der Waals surface area contributed by atoms with Gasteiger partial charge in [0, 0.05) is 24.6 Å². The first-order valence-electron chi connectivity index (χ1n) is 7.93. The summed E-state index contributed by atoms with van der Waals surface area (Å²) >= 11 is 0. The fourth-order valence-corrected chi connectivity index (χ4v) is 3.76. The van der Waals surface area contributed by atoms with E-state index in [1.165, 1.54) is 25.9 Å². The molecule has 0 saturated carbocycles. The van der Waals surface area contributed by atoms with Crippen LogP contribution in [0.15, 0.2) is 12.3 Å². The van der Waals surface area contributed by atoms with Crippen LogP contribution in [0, 0.1) is 5.92 Å². The molecule has 4 aliphatic heterocycles. The van der Waals surface area contributed by atoms with Crippen LogP contribution in [0.25, 0.3) is 0 Å². The van der Waals surface area contributed by atoms with Gasteiger partial charge in [0.15, 0.2) is 0 Å². The van der Waals surface area contributed by atoms with Crippen LogP contribution in [0.2, 0.25) is 0 Å². The molecule has 3 fully saturated rings. The summed E-state index contributed by atoms with van der Waals surface area (Å²) in [5.41, 5.74) is 1.62. The number of ether oxygens (including phenoxy) is 1. The Morgan fingerprint density at radius 3 is 3.10 bits per heavy atom. The molecule has 5 heterocycles. The van der Waals surface area contributed by atoms with Gasteiger partial charge in [0.2, 0.25) is 0 Å². The fourth-order valence-electron chi connectivity index (χ4n) is 3.76. The maximum Gasteiger partial charge on any atom is 0.270 e. The number of amides is 1. The Hall–Kier alpha value is -1.62. The van der Waals surface area contributed by atoms with Crippen molar-refractivity contribution in [2.24, 2.45) is 5.92 Å². The molecule has 0 spiro atoms. The maximum absolute atomic E-state index is 12.4. The van der Waals surface area contributed by atoms with E-state index in [2.05, 4.69) is 15.2 Å². The van der Waals surface area contributed by atoms with Gasteiger partial charge in [-0.25, -0.2) is 4.98 Å². The Balaban J connectivity index is 1.45. The van der Waals surface area contributed by atoms with Crippen molar-refractivity contribution in [3.63, 3.8) is 0 Å². The Labute approximate surface area is 124 Å². The van der Waals surface area contributed by atoms with Crippen LogP contribution in [-0.2, 0) is 6.42 Å². The van der Waals surface area contributed by atoms with E-state index in [4.69, 9.17) is 4.74 Å². The zero-order valence-corrected chi connectivity index (χ0v) is 12.2. The SMILES string of the molecule is O=C(NC1CC2CCN(CC2)C1)c1cc2c(cn1)OCC2. The van der Waals surface area contributed by atoms with Crippen LogP contribution in [0.4, 0.5) is 0 Å². The van der Waals surface area contributed by atoms with Gasteiger partial charge in [-0.15, -0.1) is 0 Å². The Morgan fingerprint density at radius 2 is 2.24 bits per heavy atom. The molecule has 0 radical (unpaired) electrons. The van der Waals surface area contributed by atoms with Gasteiger partial charge >= 0.3 is 0 Å². The summed E-state index contributed by atoms with van der Waals surface area (Å²) in [6, 6.07) is 2.14. The van der Waals surface area contributed by atoms with Crippen molar-refractivity contribution in [3.8, 4) is 5.75 Å². The van der Waals surface area contributed by atoms with Crippen molar-refractivity contribution >= 4 is 5.91 Å². The number of nitrogens with zero attached hydrogens (tertiary/aromatic N) is 2. The minimum Gasteiger partial charge on any atom is -0.491 e. The van der Waals surface area contributed by atoms with Crippen LogP contribution in [0.1, 0.15) is 35.3 Å². The zero-order valence-electron chi connectivity index (χ0n) is 12.2. The lowest BCUT2D eigenvalue weighted by Gasteiger charge is -2.26. The average molecular weight is 287 g/mol. The summed E-state index contributed by atoms with van der Waals surface area (Å²) in [4.78, 5) is 19.1. The van der Waals surface area contributed by atoms with E-state index in [1.54, 1.807) is 6.20 Å². The number of carbonyl (C=O) groups is 1. The van der Waals surface area contributed by atoms with Crippen LogP contribution in [-0.4, -0.2) is 48.1 Å². The van der Waals surface area contributed by atoms with Crippen molar-refractivity contribution < 1.29 is 9.53 Å². The lowest BCUT2D eigenvalue weighted by molar-refractivity contribution is 0.0923. The first-order valence-corrected chi connectivity index (χ1v) is 7.93. The van der Waals surface area contributed by atoms with Crippen molar-refractivity contribution in [1.82, 2.24) is 15.2 Å². The van der Waals surface area contributed by atoms with Crippen LogP contribution in [0.3, 0.4) is 0 Å². The fraction of sp³-hybridized carbons (Fsp3) is 0.625. The molecule has 1 amide bonds. The van der Waals surface area contributed by atoms with Gasteiger partial charge in [-0.2, -0.15) is 0 Å². The van der Waals surface area contributed by atoms with Crippen molar-refractivity contribution in [1.29, 1.82) is 0 Å². The maximum atomic E-state index is 12.4. The smallest absolute Gasteiger partial charge is 0.270 e. The highest BCUT2D eigenvalue weighted by Crippen LogP contribution is 2.27. The molecule has 5 rings (SSSR count). The molecule has 1 unspecified atom stereocenters. The quantitative estimate of drug-likeness (QED) is 0.889. The van der Waals surface area contributed by atoms with E-state index >= 15 is 0 Å². The summed E-state index contributed by atoms with van der Waals surface area (Å²) in [5.74, 6) is 1.55.